The van der Waals surface area contributed by atoms with Crippen molar-refractivity contribution in [3.05, 3.63) is 48.5 Å². The SMILES string of the molecule is CCN(CC)S(=O)(=O)c1ccc(-c2nnc(SCC(=O)N3CCN(c4ccc(OC)cc4)CC3)o2)cc1. The quantitative estimate of drug-likeness (QED) is 0.355. The zero-order valence-corrected chi connectivity index (χ0v) is 22.8. The number of ether oxygens (including phenoxy) is 1. The molecule has 2 heterocycles. The van der Waals surface area contributed by atoms with Gasteiger partial charge < -0.3 is 19.0 Å². The van der Waals surface area contributed by atoms with E-state index in [4.69, 9.17) is 9.15 Å². The molecule has 1 amide bonds. The highest BCUT2D eigenvalue weighted by Crippen LogP contribution is 2.26. The van der Waals surface area contributed by atoms with Crippen molar-refractivity contribution in [2.24, 2.45) is 0 Å². The first-order valence-corrected chi connectivity index (χ1v) is 14.5. The van der Waals surface area contributed by atoms with Gasteiger partial charge in [-0.3, -0.25) is 4.79 Å². The van der Waals surface area contributed by atoms with Gasteiger partial charge in [0.25, 0.3) is 5.22 Å². The average molecular weight is 546 g/mol. The van der Waals surface area contributed by atoms with Crippen LogP contribution in [0, 0.1) is 0 Å². The van der Waals surface area contributed by atoms with Crippen molar-refractivity contribution in [2.75, 3.05) is 57.0 Å². The normalized spacial score (nSPS) is 14.3. The molecule has 198 valence electrons. The number of piperazine rings is 1. The third kappa shape index (κ3) is 6.25. The van der Waals surface area contributed by atoms with Gasteiger partial charge in [0, 0.05) is 50.5 Å². The number of amides is 1. The van der Waals surface area contributed by atoms with Crippen LogP contribution in [0.4, 0.5) is 5.69 Å². The maximum absolute atomic E-state index is 12.7. The fraction of sp³-hybridized carbons (Fsp3) is 0.400. The summed E-state index contributed by atoms with van der Waals surface area (Å²) in [5, 5.41) is 8.38. The lowest BCUT2D eigenvalue weighted by molar-refractivity contribution is -0.128. The summed E-state index contributed by atoms with van der Waals surface area (Å²) in [4.78, 5) is 17.0. The minimum absolute atomic E-state index is 0.0186. The molecule has 10 nitrogen and oxygen atoms in total. The summed E-state index contributed by atoms with van der Waals surface area (Å²) < 4.78 is 37.7. The molecule has 0 aliphatic carbocycles. The molecule has 1 aliphatic rings. The number of carbonyl (C=O) groups excluding carboxylic acids is 1. The maximum atomic E-state index is 12.7. The number of hydrogen-bond donors (Lipinski definition) is 0. The van der Waals surface area contributed by atoms with E-state index in [2.05, 4.69) is 15.1 Å². The molecule has 0 spiro atoms. The summed E-state index contributed by atoms with van der Waals surface area (Å²) in [6.45, 7) is 7.22. The second-order valence-corrected chi connectivity index (χ2v) is 11.2. The van der Waals surface area contributed by atoms with Gasteiger partial charge in [-0.2, -0.15) is 4.31 Å². The summed E-state index contributed by atoms with van der Waals surface area (Å²) in [6, 6.07) is 14.3. The number of thioether (sulfide) groups is 1. The predicted molar refractivity (Wildman–Crippen MR) is 142 cm³/mol. The highest BCUT2D eigenvalue weighted by Gasteiger charge is 2.23. The zero-order valence-electron chi connectivity index (χ0n) is 21.2. The van der Waals surface area contributed by atoms with Crippen LogP contribution in [0.15, 0.2) is 63.1 Å². The molecule has 0 radical (unpaired) electrons. The smallest absolute Gasteiger partial charge is 0.277 e. The first-order valence-electron chi connectivity index (χ1n) is 12.1. The van der Waals surface area contributed by atoms with E-state index in [1.54, 1.807) is 33.1 Å². The van der Waals surface area contributed by atoms with Crippen LogP contribution in [0.1, 0.15) is 13.8 Å². The van der Waals surface area contributed by atoms with Gasteiger partial charge in [0.15, 0.2) is 0 Å². The number of aromatic nitrogens is 2. The van der Waals surface area contributed by atoms with Crippen molar-refractivity contribution in [3.8, 4) is 17.2 Å². The van der Waals surface area contributed by atoms with E-state index in [1.165, 1.54) is 28.2 Å². The van der Waals surface area contributed by atoms with Crippen LogP contribution in [0.3, 0.4) is 0 Å². The Balaban J connectivity index is 1.29. The molecule has 1 aliphatic heterocycles. The van der Waals surface area contributed by atoms with Crippen LogP contribution in [0.25, 0.3) is 11.5 Å². The number of hydrogen-bond acceptors (Lipinski definition) is 9. The molecule has 37 heavy (non-hydrogen) atoms. The Bertz CT molecular complexity index is 1280. The Morgan fingerprint density at radius 1 is 1.00 bits per heavy atom. The minimum Gasteiger partial charge on any atom is -0.497 e. The lowest BCUT2D eigenvalue weighted by Crippen LogP contribution is -2.49. The van der Waals surface area contributed by atoms with E-state index in [9.17, 15) is 13.2 Å². The molecule has 1 fully saturated rings. The van der Waals surface area contributed by atoms with Crippen LogP contribution < -0.4 is 9.64 Å². The number of carbonyl (C=O) groups is 1. The number of rotatable bonds is 10. The highest BCUT2D eigenvalue weighted by atomic mass is 32.2. The molecule has 12 heteroatoms. The van der Waals surface area contributed by atoms with Gasteiger partial charge >= 0.3 is 0 Å². The molecule has 0 saturated carbocycles. The van der Waals surface area contributed by atoms with Gasteiger partial charge in [-0.1, -0.05) is 25.6 Å². The van der Waals surface area contributed by atoms with Crippen molar-refractivity contribution in [1.82, 2.24) is 19.4 Å². The largest absolute Gasteiger partial charge is 0.497 e. The van der Waals surface area contributed by atoms with Gasteiger partial charge in [-0.15, -0.1) is 10.2 Å². The molecule has 4 rings (SSSR count). The van der Waals surface area contributed by atoms with Gasteiger partial charge in [0.1, 0.15) is 5.75 Å². The van der Waals surface area contributed by atoms with Gasteiger partial charge in [-0.25, -0.2) is 8.42 Å². The molecule has 0 N–H and O–H groups in total. The molecule has 0 atom stereocenters. The van der Waals surface area contributed by atoms with Crippen molar-refractivity contribution in [1.29, 1.82) is 0 Å². The van der Waals surface area contributed by atoms with Gasteiger partial charge in [0.05, 0.1) is 17.8 Å². The Labute approximate surface area is 221 Å². The van der Waals surface area contributed by atoms with E-state index in [0.717, 1.165) is 24.5 Å². The summed E-state index contributed by atoms with van der Waals surface area (Å²) in [5.41, 5.74) is 1.72. The van der Waals surface area contributed by atoms with Crippen LogP contribution >= 0.6 is 11.8 Å². The van der Waals surface area contributed by atoms with Crippen molar-refractivity contribution < 1.29 is 22.4 Å². The van der Waals surface area contributed by atoms with Gasteiger partial charge in [0.2, 0.25) is 21.8 Å². The molecule has 1 saturated heterocycles. The minimum atomic E-state index is -3.53. The van der Waals surface area contributed by atoms with Crippen molar-refractivity contribution in [3.63, 3.8) is 0 Å². The lowest BCUT2D eigenvalue weighted by Gasteiger charge is -2.36. The van der Waals surface area contributed by atoms with E-state index >= 15 is 0 Å². The maximum Gasteiger partial charge on any atom is 0.277 e. The lowest BCUT2D eigenvalue weighted by atomic mass is 10.2. The number of benzene rings is 2. The molecule has 3 aromatic rings. The predicted octanol–water partition coefficient (Wildman–Crippen LogP) is 3.22. The molecule has 2 aromatic carbocycles. The molecular weight excluding hydrogens is 514 g/mol. The first kappa shape index (κ1) is 27.0. The van der Waals surface area contributed by atoms with E-state index in [1.807, 2.05) is 29.2 Å². The van der Waals surface area contributed by atoms with E-state index in [-0.39, 0.29) is 22.4 Å². The Kier molecular flexibility index (Phi) is 8.72. The van der Waals surface area contributed by atoms with E-state index in [0.29, 0.717) is 37.0 Å². The molecule has 0 bridgehead atoms. The highest BCUT2D eigenvalue weighted by molar-refractivity contribution is 7.99. The Morgan fingerprint density at radius 3 is 2.24 bits per heavy atom. The van der Waals surface area contributed by atoms with Gasteiger partial charge in [-0.05, 0) is 48.5 Å². The zero-order chi connectivity index (χ0) is 26.4. The van der Waals surface area contributed by atoms with Crippen LogP contribution in [-0.2, 0) is 14.8 Å². The van der Waals surface area contributed by atoms with Crippen molar-refractivity contribution in [2.45, 2.75) is 24.0 Å². The van der Waals surface area contributed by atoms with Crippen LogP contribution in [-0.4, -0.2) is 85.9 Å². The standard InChI is InChI=1S/C25H31N5O5S2/c1-4-30(5-2)37(32,33)22-12-6-19(7-13-22)24-26-27-25(35-24)36-18-23(31)29-16-14-28(15-17-29)20-8-10-21(34-3)11-9-20/h6-13H,4-5,14-18H2,1-3H3. The Hall–Kier alpha value is -3.09. The molecule has 1 aromatic heterocycles. The number of nitrogens with zero attached hydrogens (tertiary/aromatic N) is 5. The first-order chi connectivity index (χ1) is 17.8. The second kappa shape index (κ2) is 12.0. The summed E-state index contributed by atoms with van der Waals surface area (Å²) in [5.74, 6) is 1.31. The average Bonchev–Trinajstić information content (AvgIpc) is 3.41. The number of sulfonamides is 1. The monoisotopic (exact) mass is 545 g/mol. The topological polar surface area (TPSA) is 109 Å². The fourth-order valence-corrected chi connectivity index (χ4v) is 6.21. The third-order valence-electron chi connectivity index (χ3n) is 6.24. The third-order valence-corrected chi connectivity index (χ3v) is 9.11. The van der Waals surface area contributed by atoms with Crippen LogP contribution in [0.5, 0.6) is 5.75 Å². The van der Waals surface area contributed by atoms with Crippen molar-refractivity contribution >= 4 is 33.4 Å². The molecular formula is C25H31N5O5S2. The second-order valence-electron chi connectivity index (χ2n) is 8.34. The summed E-state index contributed by atoms with van der Waals surface area (Å²) >= 11 is 1.19. The molecule has 0 unspecified atom stereocenters. The van der Waals surface area contributed by atoms with E-state index < -0.39 is 10.0 Å². The number of anilines is 1. The summed E-state index contributed by atoms with van der Waals surface area (Å²) in [6.07, 6.45) is 0. The number of methoxy groups -OCH3 is 1. The summed E-state index contributed by atoms with van der Waals surface area (Å²) in [7, 11) is -1.89. The fourth-order valence-electron chi connectivity index (χ4n) is 4.09. The Morgan fingerprint density at radius 2 is 1.65 bits per heavy atom. The van der Waals surface area contributed by atoms with Crippen LogP contribution in [0.2, 0.25) is 0 Å².